The zero-order valence-corrected chi connectivity index (χ0v) is 11.4. The van der Waals surface area contributed by atoms with Crippen LogP contribution in [0.4, 0.5) is 0 Å². The van der Waals surface area contributed by atoms with E-state index in [0.717, 1.165) is 12.8 Å². The molecule has 2 bridgehead atoms. The van der Waals surface area contributed by atoms with Crippen LogP contribution >= 0.6 is 0 Å². The lowest BCUT2D eigenvalue weighted by molar-refractivity contribution is -0.160. The summed E-state index contributed by atoms with van der Waals surface area (Å²) >= 11 is 0. The summed E-state index contributed by atoms with van der Waals surface area (Å²) in [5.74, 6) is 1.43. The van der Waals surface area contributed by atoms with Crippen molar-refractivity contribution in [3.8, 4) is 0 Å². The number of rotatable bonds is 3. The first kappa shape index (κ1) is 12.5. The Labute approximate surface area is 109 Å². The zero-order valence-electron chi connectivity index (χ0n) is 11.4. The summed E-state index contributed by atoms with van der Waals surface area (Å²) < 4.78 is 5.67. The Balaban J connectivity index is 1.69. The van der Waals surface area contributed by atoms with Gasteiger partial charge in [-0.25, -0.2) is 0 Å². The van der Waals surface area contributed by atoms with Crippen LogP contribution in [0.3, 0.4) is 0 Å². The van der Waals surface area contributed by atoms with Gasteiger partial charge in [0, 0.05) is 12.3 Å². The van der Waals surface area contributed by atoms with Crippen molar-refractivity contribution in [1.29, 1.82) is 0 Å². The Morgan fingerprint density at radius 2 is 2.17 bits per heavy atom. The van der Waals surface area contributed by atoms with Gasteiger partial charge < -0.3 is 9.84 Å². The third kappa shape index (κ3) is 1.70. The fourth-order valence-electron chi connectivity index (χ4n) is 4.58. The first-order chi connectivity index (χ1) is 8.55. The average molecular weight is 252 g/mol. The molecule has 0 aromatic rings. The summed E-state index contributed by atoms with van der Waals surface area (Å²) in [5.41, 5.74) is -0.522. The van der Waals surface area contributed by atoms with Gasteiger partial charge in [-0.15, -0.1) is 0 Å². The van der Waals surface area contributed by atoms with Gasteiger partial charge in [0.1, 0.15) is 6.10 Å². The molecule has 18 heavy (non-hydrogen) atoms. The minimum atomic E-state index is -0.522. The first-order valence-electron chi connectivity index (χ1n) is 7.48. The molecule has 102 valence electrons. The number of carbonyl (C=O) groups is 1. The number of aliphatic hydroxyl groups is 1. The molecule has 3 heteroatoms. The average Bonchev–Trinajstić information content (AvgIpc) is 2.98. The fourth-order valence-corrected chi connectivity index (χ4v) is 4.58. The SMILES string of the molecule is CCC(C)C(=O)OC1CC2(O)CC1C1CCCC12. The van der Waals surface area contributed by atoms with Crippen LogP contribution in [0.5, 0.6) is 0 Å². The minimum absolute atomic E-state index is 0.0156. The van der Waals surface area contributed by atoms with Crippen LogP contribution in [0.15, 0.2) is 0 Å². The summed E-state index contributed by atoms with van der Waals surface area (Å²) in [7, 11) is 0. The molecule has 0 heterocycles. The Morgan fingerprint density at radius 3 is 2.89 bits per heavy atom. The van der Waals surface area contributed by atoms with Gasteiger partial charge in [0.05, 0.1) is 11.5 Å². The molecule has 0 aromatic carbocycles. The third-order valence-electron chi connectivity index (χ3n) is 5.71. The van der Waals surface area contributed by atoms with E-state index in [1.54, 1.807) is 0 Å². The van der Waals surface area contributed by atoms with Gasteiger partial charge in [-0.1, -0.05) is 20.3 Å². The topological polar surface area (TPSA) is 46.5 Å². The molecule has 3 rings (SSSR count). The van der Waals surface area contributed by atoms with Crippen molar-refractivity contribution >= 4 is 5.97 Å². The van der Waals surface area contributed by atoms with Crippen molar-refractivity contribution in [2.75, 3.05) is 0 Å². The molecular formula is C15H24O3. The highest BCUT2D eigenvalue weighted by Gasteiger charge is 2.63. The Bertz CT molecular complexity index is 354. The monoisotopic (exact) mass is 252 g/mol. The molecule has 3 aliphatic carbocycles. The van der Waals surface area contributed by atoms with Gasteiger partial charge in [0.2, 0.25) is 0 Å². The van der Waals surface area contributed by atoms with Crippen molar-refractivity contribution in [2.45, 2.75) is 64.1 Å². The number of ether oxygens (including phenoxy) is 1. The van der Waals surface area contributed by atoms with E-state index in [2.05, 4.69) is 0 Å². The molecular weight excluding hydrogens is 228 g/mol. The van der Waals surface area contributed by atoms with E-state index in [9.17, 15) is 9.90 Å². The van der Waals surface area contributed by atoms with Gasteiger partial charge >= 0.3 is 5.97 Å². The maximum atomic E-state index is 11.9. The Morgan fingerprint density at radius 1 is 1.39 bits per heavy atom. The zero-order chi connectivity index (χ0) is 12.9. The molecule has 1 N–H and O–H groups in total. The highest BCUT2D eigenvalue weighted by atomic mass is 16.5. The summed E-state index contributed by atoms with van der Waals surface area (Å²) in [6.45, 7) is 3.93. The van der Waals surface area contributed by atoms with Gasteiger partial charge in [-0.2, -0.15) is 0 Å². The van der Waals surface area contributed by atoms with Crippen LogP contribution in [0.2, 0.25) is 0 Å². The summed E-state index contributed by atoms with van der Waals surface area (Å²) in [6.07, 6.45) is 5.98. The number of fused-ring (bicyclic) bond motifs is 5. The van der Waals surface area contributed by atoms with Crippen LogP contribution in [0, 0.1) is 23.7 Å². The van der Waals surface area contributed by atoms with Crippen LogP contribution in [-0.4, -0.2) is 22.8 Å². The van der Waals surface area contributed by atoms with Crippen LogP contribution in [-0.2, 0) is 9.53 Å². The molecule has 3 saturated carbocycles. The summed E-state index contributed by atoms with van der Waals surface area (Å²) in [5, 5.41) is 10.7. The quantitative estimate of drug-likeness (QED) is 0.785. The first-order valence-corrected chi connectivity index (χ1v) is 7.48. The van der Waals surface area contributed by atoms with Gasteiger partial charge in [0.15, 0.2) is 0 Å². The second kappa shape index (κ2) is 4.22. The molecule has 0 radical (unpaired) electrons. The second-order valence-electron chi connectivity index (χ2n) is 6.66. The van der Waals surface area contributed by atoms with Crippen molar-refractivity contribution in [2.24, 2.45) is 23.7 Å². The van der Waals surface area contributed by atoms with E-state index in [4.69, 9.17) is 4.74 Å². The van der Waals surface area contributed by atoms with E-state index >= 15 is 0 Å². The number of carbonyl (C=O) groups excluding carboxylic acids is 1. The van der Waals surface area contributed by atoms with Gasteiger partial charge in [-0.05, 0) is 37.5 Å². The molecule has 3 fully saturated rings. The van der Waals surface area contributed by atoms with Gasteiger partial charge in [-0.3, -0.25) is 4.79 Å². The lowest BCUT2D eigenvalue weighted by Gasteiger charge is -2.35. The molecule has 0 saturated heterocycles. The van der Waals surface area contributed by atoms with Crippen LogP contribution in [0.25, 0.3) is 0 Å². The van der Waals surface area contributed by atoms with Crippen LogP contribution in [0.1, 0.15) is 52.4 Å². The van der Waals surface area contributed by atoms with E-state index in [1.807, 2.05) is 13.8 Å². The van der Waals surface area contributed by atoms with E-state index in [1.165, 1.54) is 19.3 Å². The molecule has 6 atom stereocenters. The van der Waals surface area contributed by atoms with Crippen molar-refractivity contribution in [3.63, 3.8) is 0 Å². The largest absolute Gasteiger partial charge is 0.462 e. The lowest BCUT2D eigenvalue weighted by atomic mass is 9.78. The van der Waals surface area contributed by atoms with E-state index in [0.29, 0.717) is 24.2 Å². The van der Waals surface area contributed by atoms with Crippen LogP contribution < -0.4 is 0 Å². The standard InChI is InChI=1S/C15H24O3/c1-3-9(2)14(16)18-13-8-15(17)7-11(13)10-5-4-6-12(10)15/h9-13,17H,3-8H2,1-2H3. The smallest absolute Gasteiger partial charge is 0.308 e. The summed E-state index contributed by atoms with van der Waals surface area (Å²) in [4.78, 5) is 11.9. The lowest BCUT2D eigenvalue weighted by Crippen LogP contribution is -2.40. The number of hydrogen-bond donors (Lipinski definition) is 1. The van der Waals surface area contributed by atoms with E-state index < -0.39 is 5.60 Å². The molecule has 0 aliphatic heterocycles. The second-order valence-corrected chi connectivity index (χ2v) is 6.66. The van der Waals surface area contributed by atoms with Crippen molar-refractivity contribution in [1.82, 2.24) is 0 Å². The third-order valence-corrected chi connectivity index (χ3v) is 5.71. The highest BCUT2D eigenvalue weighted by Crippen LogP contribution is 2.61. The number of hydrogen-bond acceptors (Lipinski definition) is 3. The predicted octanol–water partition coefficient (Wildman–Crippen LogP) is 2.52. The fraction of sp³-hybridized carbons (Fsp3) is 0.933. The normalized spacial score (nSPS) is 47.1. The minimum Gasteiger partial charge on any atom is -0.462 e. The van der Waals surface area contributed by atoms with Gasteiger partial charge in [0.25, 0.3) is 0 Å². The Kier molecular flexibility index (Phi) is 2.92. The molecule has 3 aliphatic rings. The molecule has 0 amide bonds. The summed E-state index contributed by atoms with van der Waals surface area (Å²) in [6, 6.07) is 0. The molecule has 6 unspecified atom stereocenters. The Hall–Kier alpha value is -0.570. The maximum absolute atomic E-state index is 11.9. The number of esters is 1. The van der Waals surface area contributed by atoms with E-state index in [-0.39, 0.29) is 18.0 Å². The molecule has 0 aromatic heterocycles. The van der Waals surface area contributed by atoms with Crippen molar-refractivity contribution in [3.05, 3.63) is 0 Å². The highest BCUT2D eigenvalue weighted by molar-refractivity contribution is 5.72. The molecule has 3 nitrogen and oxygen atoms in total. The van der Waals surface area contributed by atoms with Crippen molar-refractivity contribution < 1.29 is 14.6 Å². The maximum Gasteiger partial charge on any atom is 0.308 e. The molecule has 0 spiro atoms. The predicted molar refractivity (Wildman–Crippen MR) is 67.8 cm³/mol.